The van der Waals surface area contributed by atoms with Crippen LogP contribution >= 0.6 is 11.8 Å². The highest BCUT2D eigenvalue weighted by Crippen LogP contribution is 2.41. The van der Waals surface area contributed by atoms with Crippen LogP contribution < -0.4 is 0 Å². The van der Waals surface area contributed by atoms with Crippen molar-refractivity contribution in [1.82, 2.24) is 0 Å². The van der Waals surface area contributed by atoms with E-state index in [1.807, 2.05) is 109 Å². The van der Waals surface area contributed by atoms with Crippen molar-refractivity contribution in [2.45, 2.75) is 47.6 Å². The second-order valence-electron chi connectivity index (χ2n) is 9.65. The quantitative estimate of drug-likeness (QED) is 0.233. The molecule has 2 fully saturated rings. The van der Waals surface area contributed by atoms with Gasteiger partial charge in [0.05, 0.1) is 18.8 Å². The predicted molar refractivity (Wildman–Crippen MR) is 152 cm³/mol. The molecule has 6 atom stereocenters. The first-order chi connectivity index (χ1) is 19.7. The summed E-state index contributed by atoms with van der Waals surface area (Å²) in [6, 6.07) is 38.7. The Morgan fingerprint density at radius 3 is 2.08 bits per heavy atom. The van der Waals surface area contributed by atoms with E-state index in [4.69, 9.17) is 23.7 Å². The van der Waals surface area contributed by atoms with Crippen LogP contribution in [0.25, 0.3) is 0 Å². The lowest BCUT2D eigenvalue weighted by atomic mass is 9.98. The van der Waals surface area contributed by atoms with Gasteiger partial charge in [0.25, 0.3) is 0 Å². The van der Waals surface area contributed by atoms with Gasteiger partial charge in [-0.1, -0.05) is 109 Å². The smallest absolute Gasteiger partial charge is 0.338 e. The normalized spacial score (nSPS) is 26.0. The molecule has 0 radical (unpaired) electrons. The maximum Gasteiger partial charge on any atom is 0.338 e. The molecule has 2 aliphatic heterocycles. The third-order valence-electron chi connectivity index (χ3n) is 6.89. The maximum absolute atomic E-state index is 13.4. The van der Waals surface area contributed by atoms with Crippen molar-refractivity contribution >= 4 is 17.7 Å². The van der Waals surface area contributed by atoms with Crippen molar-refractivity contribution in [2.24, 2.45) is 0 Å². The van der Waals surface area contributed by atoms with E-state index >= 15 is 0 Å². The van der Waals surface area contributed by atoms with E-state index in [2.05, 4.69) is 0 Å². The van der Waals surface area contributed by atoms with Gasteiger partial charge in [-0.3, -0.25) is 0 Å². The van der Waals surface area contributed by atoms with Crippen molar-refractivity contribution < 1.29 is 28.5 Å². The molecule has 4 aromatic carbocycles. The molecule has 2 aliphatic rings. The molecule has 6 rings (SSSR count). The van der Waals surface area contributed by atoms with Gasteiger partial charge < -0.3 is 23.7 Å². The van der Waals surface area contributed by atoms with Crippen molar-refractivity contribution in [2.75, 3.05) is 6.61 Å². The van der Waals surface area contributed by atoms with E-state index < -0.39 is 42.1 Å². The molecular weight excluding hydrogens is 524 g/mol. The average molecular weight is 555 g/mol. The van der Waals surface area contributed by atoms with Crippen molar-refractivity contribution in [3.8, 4) is 0 Å². The Kier molecular flexibility index (Phi) is 8.56. The number of esters is 1. The lowest BCUT2D eigenvalue weighted by molar-refractivity contribution is -0.322. The molecule has 4 aromatic rings. The lowest BCUT2D eigenvalue weighted by Gasteiger charge is -2.48. The number of hydrogen-bond acceptors (Lipinski definition) is 7. The van der Waals surface area contributed by atoms with Crippen LogP contribution in [0, 0.1) is 0 Å². The van der Waals surface area contributed by atoms with Gasteiger partial charge in [-0.2, -0.15) is 0 Å². The second kappa shape index (κ2) is 12.8. The van der Waals surface area contributed by atoms with Crippen molar-refractivity contribution in [1.29, 1.82) is 0 Å². The number of carbonyl (C=O) groups excluding carboxylic acids is 1. The second-order valence-corrected chi connectivity index (χ2v) is 10.8. The SMILES string of the molecule is O=C(O[C@@H]1[C@H](OCc2ccccc2)[C@@H](Sc2ccccc2)O[C@@H]2CO[C@@H](c3ccccc3)O[C@@H]12)c1ccccc1. The minimum atomic E-state index is -0.744. The molecule has 0 bridgehead atoms. The van der Waals surface area contributed by atoms with Gasteiger partial charge in [0.2, 0.25) is 0 Å². The van der Waals surface area contributed by atoms with Crippen LogP contribution in [-0.2, 0) is 30.3 Å². The van der Waals surface area contributed by atoms with E-state index in [9.17, 15) is 4.79 Å². The Bertz CT molecular complexity index is 1360. The largest absolute Gasteiger partial charge is 0.453 e. The van der Waals surface area contributed by atoms with Crippen LogP contribution in [0.15, 0.2) is 126 Å². The highest BCUT2D eigenvalue weighted by Gasteiger charge is 2.53. The predicted octanol–water partition coefficient (Wildman–Crippen LogP) is 6.43. The van der Waals surface area contributed by atoms with Crippen LogP contribution in [0.5, 0.6) is 0 Å². The number of ether oxygens (including phenoxy) is 5. The number of fused-ring (bicyclic) bond motifs is 1. The molecule has 6 nitrogen and oxygen atoms in total. The van der Waals surface area contributed by atoms with E-state index in [1.165, 1.54) is 11.8 Å². The van der Waals surface area contributed by atoms with Gasteiger partial charge >= 0.3 is 5.97 Å². The molecule has 204 valence electrons. The van der Waals surface area contributed by atoms with E-state index in [0.29, 0.717) is 18.8 Å². The molecule has 0 unspecified atom stereocenters. The Morgan fingerprint density at radius 2 is 1.38 bits per heavy atom. The van der Waals surface area contributed by atoms with Crippen LogP contribution in [-0.4, -0.2) is 42.4 Å². The number of thioether (sulfide) groups is 1. The lowest BCUT2D eigenvalue weighted by Crippen LogP contribution is -2.62. The highest BCUT2D eigenvalue weighted by molar-refractivity contribution is 7.99. The summed E-state index contributed by atoms with van der Waals surface area (Å²) < 4.78 is 32.0. The summed E-state index contributed by atoms with van der Waals surface area (Å²) >= 11 is 1.54. The number of benzene rings is 4. The fourth-order valence-corrected chi connectivity index (χ4v) is 6.05. The summed E-state index contributed by atoms with van der Waals surface area (Å²) in [5.41, 5.74) is 1.89. The zero-order valence-electron chi connectivity index (χ0n) is 21.8. The molecule has 0 spiro atoms. The summed E-state index contributed by atoms with van der Waals surface area (Å²) in [7, 11) is 0. The third kappa shape index (κ3) is 6.30. The fraction of sp³-hybridized carbons (Fsp3) is 0.242. The number of hydrogen-bond donors (Lipinski definition) is 0. The Labute approximate surface area is 238 Å². The van der Waals surface area contributed by atoms with Crippen molar-refractivity contribution in [3.63, 3.8) is 0 Å². The Morgan fingerprint density at radius 1 is 0.750 bits per heavy atom. The minimum absolute atomic E-state index is 0.293. The molecule has 2 saturated heterocycles. The molecule has 0 aromatic heterocycles. The van der Waals surface area contributed by atoms with E-state index in [0.717, 1.165) is 16.0 Å². The van der Waals surface area contributed by atoms with Crippen LogP contribution in [0.4, 0.5) is 0 Å². The maximum atomic E-state index is 13.4. The molecule has 0 saturated carbocycles. The summed E-state index contributed by atoms with van der Waals surface area (Å²) in [6.45, 7) is 0.622. The first kappa shape index (κ1) is 26.7. The third-order valence-corrected chi connectivity index (χ3v) is 8.04. The molecule has 7 heteroatoms. The molecule has 0 amide bonds. The first-order valence-corrected chi connectivity index (χ1v) is 14.2. The summed E-state index contributed by atoms with van der Waals surface area (Å²) in [4.78, 5) is 14.4. The number of carbonyl (C=O) groups is 1. The van der Waals surface area contributed by atoms with Gasteiger partial charge in [0, 0.05) is 10.5 Å². The van der Waals surface area contributed by atoms with Gasteiger partial charge in [0.1, 0.15) is 23.7 Å². The van der Waals surface area contributed by atoms with Gasteiger partial charge in [-0.25, -0.2) is 4.79 Å². The van der Waals surface area contributed by atoms with Crippen LogP contribution in [0.2, 0.25) is 0 Å². The van der Waals surface area contributed by atoms with Gasteiger partial charge in [0.15, 0.2) is 12.4 Å². The Hall–Kier alpha value is -3.46. The van der Waals surface area contributed by atoms with Crippen LogP contribution in [0.1, 0.15) is 27.8 Å². The summed E-state index contributed by atoms with van der Waals surface area (Å²) in [5, 5.41) is 0. The van der Waals surface area contributed by atoms with E-state index in [1.54, 1.807) is 12.1 Å². The number of rotatable bonds is 8. The molecular formula is C33H30O6S. The molecule has 40 heavy (non-hydrogen) atoms. The summed E-state index contributed by atoms with van der Waals surface area (Å²) in [5.74, 6) is -0.436. The zero-order chi connectivity index (χ0) is 27.1. The highest BCUT2D eigenvalue weighted by atomic mass is 32.2. The Balaban J connectivity index is 1.33. The average Bonchev–Trinajstić information content (AvgIpc) is 3.02. The van der Waals surface area contributed by atoms with E-state index in [-0.39, 0.29) is 0 Å². The van der Waals surface area contributed by atoms with Gasteiger partial charge in [-0.05, 0) is 29.8 Å². The first-order valence-electron chi connectivity index (χ1n) is 13.4. The topological polar surface area (TPSA) is 63.2 Å². The minimum Gasteiger partial charge on any atom is -0.453 e. The fourth-order valence-electron chi connectivity index (χ4n) is 4.90. The monoisotopic (exact) mass is 554 g/mol. The summed E-state index contributed by atoms with van der Waals surface area (Å²) in [6.07, 6.45) is -3.02. The molecule has 2 heterocycles. The molecule has 0 aliphatic carbocycles. The zero-order valence-corrected chi connectivity index (χ0v) is 22.6. The van der Waals surface area contributed by atoms with Gasteiger partial charge in [-0.15, -0.1) is 0 Å². The standard InChI is InChI=1S/C33H30O6S/c34-31(24-15-7-2-8-16-24)38-29-28-27(22-36-32(39-28)25-17-9-3-10-18-25)37-33(40-26-19-11-4-12-20-26)30(29)35-21-23-13-5-1-6-14-23/h1-20,27-30,32-33H,21-22H2/t27-,28-,29+,30+,32-,33-/m1/s1. The van der Waals surface area contributed by atoms with Crippen LogP contribution in [0.3, 0.4) is 0 Å². The molecule has 0 N–H and O–H groups in total. The van der Waals surface area contributed by atoms with Crippen molar-refractivity contribution in [3.05, 3.63) is 138 Å².